The Morgan fingerprint density at radius 2 is 0.759 bits per heavy atom. The van der Waals surface area contributed by atoms with Crippen molar-refractivity contribution in [1.82, 2.24) is 0 Å². The number of hydrogen-bond acceptors (Lipinski definition) is 7. The first-order valence-corrected chi connectivity index (χ1v) is 12.8. The minimum atomic E-state index is -4.33. The van der Waals surface area contributed by atoms with Gasteiger partial charge in [-0.05, 0) is 25.7 Å². The highest BCUT2D eigenvalue weighted by molar-refractivity contribution is 7.47. The summed E-state index contributed by atoms with van der Waals surface area (Å²) in [5, 5.41) is 17.4. The Hall–Kier alpha value is -0.0500. The molecule has 0 aromatic heterocycles. The first-order valence-electron chi connectivity index (χ1n) is 11.3. The lowest BCUT2D eigenvalue weighted by Crippen LogP contribution is -2.01. The van der Waals surface area contributed by atoms with Crippen molar-refractivity contribution in [3.05, 3.63) is 0 Å². The van der Waals surface area contributed by atoms with Gasteiger partial charge in [0, 0.05) is 13.2 Å². The van der Waals surface area contributed by atoms with Crippen LogP contribution in [0.3, 0.4) is 0 Å². The molecule has 0 bridgehead atoms. The van der Waals surface area contributed by atoms with Crippen LogP contribution in [0.4, 0.5) is 0 Å². The third kappa shape index (κ3) is 24.1. The summed E-state index contributed by atoms with van der Waals surface area (Å²) in [5.74, 6) is 0. The molecule has 8 nitrogen and oxygen atoms in total. The van der Waals surface area contributed by atoms with Gasteiger partial charge in [-0.1, -0.05) is 77.0 Å². The Balaban J connectivity index is 3.31. The van der Waals surface area contributed by atoms with Gasteiger partial charge in [0.25, 0.3) is 0 Å². The number of hydrogen-bond donors (Lipinski definition) is 3. The molecule has 3 N–H and O–H groups in total. The van der Waals surface area contributed by atoms with Gasteiger partial charge in [0.2, 0.25) is 0 Å². The van der Waals surface area contributed by atoms with Crippen molar-refractivity contribution in [3.8, 4) is 0 Å². The third-order valence-corrected chi connectivity index (χ3v) is 5.15. The van der Waals surface area contributed by atoms with Crippen LogP contribution in [0.5, 0.6) is 0 Å². The van der Waals surface area contributed by atoms with E-state index in [9.17, 15) is 9.46 Å². The lowest BCUT2D eigenvalue weighted by Gasteiger charge is -2.10. The van der Waals surface area contributed by atoms with Crippen LogP contribution in [0.2, 0.25) is 0 Å². The van der Waals surface area contributed by atoms with Crippen LogP contribution in [-0.2, 0) is 23.7 Å². The van der Waals surface area contributed by atoms with E-state index in [0.29, 0.717) is 0 Å². The van der Waals surface area contributed by atoms with E-state index in [1.807, 2.05) is 0 Å². The molecule has 0 fully saturated rings. The zero-order valence-corrected chi connectivity index (χ0v) is 18.9. The summed E-state index contributed by atoms with van der Waals surface area (Å²) < 4.78 is 20.4. The molecule has 0 rings (SSSR count). The predicted molar refractivity (Wildman–Crippen MR) is 112 cm³/mol. The van der Waals surface area contributed by atoms with E-state index in [4.69, 9.17) is 20.0 Å². The smallest absolute Gasteiger partial charge is 0.396 e. The maximum absolute atomic E-state index is 11.6. The normalized spacial score (nSPS) is 12.0. The summed E-state index contributed by atoms with van der Waals surface area (Å²) in [4.78, 5) is 18.9. The van der Waals surface area contributed by atoms with Crippen molar-refractivity contribution < 1.29 is 38.8 Å². The van der Waals surface area contributed by atoms with Crippen molar-refractivity contribution in [2.24, 2.45) is 0 Å². The molecule has 0 atom stereocenters. The van der Waals surface area contributed by atoms with Crippen molar-refractivity contribution in [1.29, 1.82) is 0 Å². The van der Waals surface area contributed by atoms with Crippen LogP contribution >= 0.6 is 7.82 Å². The summed E-state index contributed by atoms with van der Waals surface area (Å²) >= 11 is 0. The molecule has 0 aliphatic carbocycles. The second-order valence-corrected chi connectivity index (χ2v) is 8.60. The summed E-state index contributed by atoms with van der Waals surface area (Å²) in [6, 6.07) is 0. The van der Waals surface area contributed by atoms with E-state index in [1.165, 1.54) is 12.8 Å². The zero-order chi connectivity index (χ0) is 21.5. The molecule has 0 heterocycles. The lowest BCUT2D eigenvalue weighted by molar-refractivity contribution is -0.279. The Morgan fingerprint density at radius 3 is 1.07 bits per heavy atom. The number of unbranched alkanes of at least 4 members (excludes halogenated alkanes) is 14. The van der Waals surface area contributed by atoms with Crippen LogP contribution in [-0.4, -0.2) is 41.5 Å². The molecular weight excluding hydrogens is 399 g/mol. The monoisotopic (exact) mass is 442 g/mol. The molecule has 0 radical (unpaired) electrons. The molecular formula is C20H43O8P. The fourth-order valence-electron chi connectivity index (χ4n) is 2.89. The Bertz CT molecular complexity index is 340. The van der Waals surface area contributed by atoms with Gasteiger partial charge in [0.05, 0.1) is 13.2 Å². The second kappa shape index (κ2) is 22.6. The Labute approximate surface area is 176 Å². The standard InChI is InChI=1S/C20H43O8P/c21-17-13-9-5-1-3-7-11-15-19-25-27-29(23,24)28-26-20-16-12-8-4-2-6-10-14-18-22/h21-22H,1-20H2,(H,23,24). The molecule has 0 saturated carbocycles. The van der Waals surface area contributed by atoms with E-state index < -0.39 is 7.82 Å². The van der Waals surface area contributed by atoms with Gasteiger partial charge < -0.3 is 10.2 Å². The summed E-state index contributed by atoms with van der Waals surface area (Å²) in [6.45, 7) is 1.01. The first kappa shape index (κ1) is 28.9. The predicted octanol–water partition coefficient (Wildman–Crippen LogP) is 5.21. The topological polar surface area (TPSA) is 115 Å². The minimum Gasteiger partial charge on any atom is -0.396 e. The van der Waals surface area contributed by atoms with Crippen molar-refractivity contribution in [2.75, 3.05) is 26.4 Å². The van der Waals surface area contributed by atoms with Gasteiger partial charge in [-0.25, -0.2) is 14.3 Å². The molecule has 0 spiro atoms. The summed E-state index contributed by atoms with van der Waals surface area (Å²) in [5.41, 5.74) is 0. The molecule has 0 aromatic carbocycles. The molecule has 0 aliphatic rings. The van der Waals surface area contributed by atoms with Gasteiger partial charge >= 0.3 is 7.82 Å². The average Bonchev–Trinajstić information content (AvgIpc) is 2.70. The molecule has 0 aliphatic heterocycles. The largest absolute Gasteiger partial charge is 0.526 e. The van der Waals surface area contributed by atoms with Crippen LogP contribution in [0.25, 0.3) is 0 Å². The SMILES string of the molecule is O=P(O)(OOCCCCCCCCCCO)OOCCCCCCCCCCO. The van der Waals surface area contributed by atoms with E-state index in [1.54, 1.807) is 0 Å². The fraction of sp³-hybridized carbons (Fsp3) is 1.00. The molecule has 0 saturated heterocycles. The highest BCUT2D eigenvalue weighted by Crippen LogP contribution is 2.43. The number of aliphatic hydroxyl groups is 2. The van der Waals surface area contributed by atoms with Crippen LogP contribution in [0.1, 0.15) is 103 Å². The second-order valence-electron chi connectivity index (χ2n) is 7.37. The van der Waals surface area contributed by atoms with E-state index >= 15 is 0 Å². The maximum Gasteiger partial charge on any atom is 0.526 e. The zero-order valence-electron chi connectivity index (χ0n) is 18.0. The number of aliphatic hydroxyl groups excluding tert-OH is 2. The van der Waals surface area contributed by atoms with Gasteiger partial charge in [-0.3, -0.25) is 4.89 Å². The number of phosphoric acid groups is 1. The summed E-state index contributed by atoms with van der Waals surface area (Å²) in [7, 11) is -4.33. The van der Waals surface area contributed by atoms with Gasteiger partial charge in [-0.2, -0.15) is 0 Å². The van der Waals surface area contributed by atoms with Crippen molar-refractivity contribution >= 4 is 7.82 Å². The maximum atomic E-state index is 11.6. The third-order valence-electron chi connectivity index (χ3n) is 4.57. The average molecular weight is 443 g/mol. The van der Waals surface area contributed by atoms with Gasteiger partial charge in [-0.15, -0.1) is 9.35 Å². The molecule has 0 aromatic rings. The van der Waals surface area contributed by atoms with Crippen molar-refractivity contribution in [3.63, 3.8) is 0 Å². The van der Waals surface area contributed by atoms with Crippen LogP contribution in [0.15, 0.2) is 0 Å². The molecule has 176 valence electrons. The molecule has 29 heavy (non-hydrogen) atoms. The van der Waals surface area contributed by atoms with Gasteiger partial charge in [0.1, 0.15) is 0 Å². The van der Waals surface area contributed by atoms with Crippen LogP contribution in [0, 0.1) is 0 Å². The van der Waals surface area contributed by atoms with Gasteiger partial charge in [0.15, 0.2) is 0 Å². The Morgan fingerprint density at radius 1 is 0.483 bits per heavy atom. The van der Waals surface area contributed by atoms with Crippen LogP contribution < -0.4 is 0 Å². The number of rotatable bonds is 24. The highest BCUT2D eigenvalue weighted by Gasteiger charge is 2.24. The van der Waals surface area contributed by atoms with E-state index in [-0.39, 0.29) is 26.4 Å². The van der Waals surface area contributed by atoms with Crippen molar-refractivity contribution in [2.45, 2.75) is 103 Å². The highest BCUT2D eigenvalue weighted by atomic mass is 31.2. The molecule has 0 unspecified atom stereocenters. The van der Waals surface area contributed by atoms with E-state index in [0.717, 1.165) is 89.9 Å². The summed E-state index contributed by atoms with van der Waals surface area (Å²) in [6.07, 6.45) is 16.4. The molecule has 9 heteroatoms. The fourth-order valence-corrected chi connectivity index (χ4v) is 3.33. The Kier molecular flexibility index (Phi) is 22.6. The molecule has 0 amide bonds. The first-order chi connectivity index (χ1) is 14.1. The quantitative estimate of drug-likeness (QED) is 0.0808. The van der Waals surface area contributed by atoms with E-state index in [2.05, 4.69) is 9.35 Å². The minimum absolute atomic E-state index is 0.233. The lowest BCUT2D eigenvalue weighted by atomic mass is 10.1.